The number of anilines is 2. The van der Waals surface area contributed by atoms with Crippen LogP contribution in [0.2, 0.25) is 0 Å². The molecule has 2 aromatic carbocycles. The first kappa shape index (κ1) is 21.8. The summed E-state index contributed by atoms with van der Waals surface area (Å²) in [5.41, 5.74) is 2.10. The van der Waals surface area contributed by atoms with Gasteiger partial charge in [0, 0.05) is 29.1 Å². The zero-order chi connectivity index (χ0) is 24.0. The van der Waals surface area contributed by atoms with E-state index in [-0.39, 0.29) is 18.1 Å². The molecular weight excluding hydrogens is 460 g/mol. The highest BCUT2D eigenvalue weighted by Gasteiger charge is 2.29. The van der Waals surface area contributed by atoms with Gasteiger partial charge in [-0.15, -0.1) is 0 Å². The molecule has 0 fully saturated rings. The number of nitrogens with one attached hydrogen (secondary N) is 1. The minimum Gasteiger partial charge on any atom is -0.497 e. The summed E-state index contributed by atoms with van der Waals surface area (Å²) in [5, 5.41) is 2.82. The van der Waals surface area contributed by atoms with Crippen molar-refractivity contribution >= 4 is 34.2 Å². The number of hydrogen-bond acceptors (Lipinski definition) is 9. The van der Waals surface area contributed by atoms with Gasteiger partial charge in [0.1, 0.15) is 23.6 Å². The Morgan fingerprint density at radius 2 is 1.71 bits per heavy atom. The third-order valence-electron chi connectivity index (χ3n) is 5.77. The van der Waals surface area contributed by atoms with Gasteiger partial charge in [0.15, 0.2) is 16.3 Å². The van der Waals surface area contributed by atoms with Gasteiger partial charge < -0.3 is 29.2 Å². The van der Waals surface area contributed by atoms with E-state index in [1.165, 1.54) is 11.3 Å². The topological polar surface area (TPSA) is 104 Å². The summed E-state index contributed by atoms with van der Waals surface area (Å²) in [4.78, 5) is 33.3. The molecule has 0 atom stereocenters. The van der Waals surface area contributed by atoms with Crippen LogP contribution in [0.3, 0.4) is 0 Å². The fraction of sp³-hybridized carbons (Fsp3) is 0.261. The van der Waals surface area contributed by atoms with Crippen LogP contribution in [0.15, 0.2) is 40.1 Å². The molecule has 10 nitrogen and oxygen atoms in total. The van der Waals surface area contributed by atoms with Crippen LogP contribution < -0.4 is 44.1 Å². The van der Waals surface area contributed by atoms with Crippen molar-refractivity contribution in [2.75, 3.05) is 45.3 Å². The van der Waals surface area contributed by atoms with E-state index >= 15 is 0 Å². The first-order chi connectivity index (χ1) is 16.5. The summed E-state index contributed by atoms with van der Waals surface area (Å²) < 4.78 is 23.5. The molecule has 1 amide bonds. The lowest BCUT2D eigenvalue weighted by molar-refractivity contribution is -0.110. The summed E-state index contributed by atoms with van der Waals surface area (Å²) in [5.74, 6) is 1.78. The van der Waals surface area contributed by atoms with E-state index in [1.807, 2.05) is 17.0 Å². The van der Waals surface area contributed by atoms with E-state index in [0.717, 1.165) is 5.69 Å². The standard InChI is InChI=1S/C23H22N4O6S/c1-30-13-5-6-15-14(9-13)18(21(28)25-15)20-22(29)27-11-26(10-24-23(27)34-20)12-7-16(31-2)19(33-4)17(8-12)32-3/h5-9H,10-11H2,1-4H3,(H,25,28)/b20-18-. The highest BCUT2D eigenvalue weighted by atomic mass is 32.1. The molecule has 11 heteroatoms. The Morgan fingerprint density at radius 1 is 0.971 bits per heavy atom. The van der Waals surface area contributed by atoms with Gasteiger partial charge >= 0.3 is 0 Å². The number of amides is 1. The van der Waals surface area contributed by atoms with Gasteiger partial charge in [0.2, 0.25) is 5.75 Å². The van der Waals surface area contributed by atoms with Gasteiger partial charge in [0.05, 0.1) is 34.0 Å². The third kappa shape index (κ3) is 3.36. The van der Waals surface area contributed by atoms with Crippen molar-refractivity contribution in [1.29, 1.82) is 0 Å². The van der Waals surface area contributed by atoms with Gasteiger partial charge in [-0.1, -0.05) is 11.3 Å². The Morgan fingerprint density at radius 3 is 2.35 bits per heavy atom. The summed E-state index contributed by atoms with van der Waals surface area (Å²) >= 11 is 1.21. The van der Waals surface area contributed by atoms with Crippen molar-refractivity contribution in [3.63, 3.8) is 0 Å². The molecule has 3 aromatic rings. The number of ether oxygens (including phenoxy) is 4. The minimum atomic E-state index is -0.318. The van der Waals surface area contributed by atoms with Gasteiger partial charge in [-0.2, -0.15) is 0 Å². The van der Waals surface area contributed by atoms with Crippen molar-refractivity contribution in [1.82, 2.24) is 4.57 Å². The summed E-state index contributed by atoms with van der Waals surface area (Å²) in [7, 11) is 6.19. The average molecular weight is 483 g/mol. The van der Waals surface area contributed by atoms with E-state index in [9.17, 15) is 9.59 Å². The molecule has 1 N–H and O–H groups in total. The largest absolute Gasteiger partial charge is 0.497 e. The number of thiazole rings is 1. The molecule has 0 radical (unpaired) electrons. The Bertz CT molecular complexity index is 1470. The zero-order valence-corrected chi connectivity index (χ0v) is 19.8. The molecule has 0 unspecified atom stereocenters. The van der Waals surface area contributed by atoms with Crippen LogP contribution in [0.1, 0.15) is 5.56 Å². The minimum absolute atomic E-state index is 0.257. The predicted octanol–water partition coefficient (Wildman–Crippen LogP) is 1.15. The molecule has 0 aliphatic carbocycles. The smallest absolute Gasteiger partial charge is 0.272 e. The highest BCUT2D eigenvalue weighted by molar-refractivity contribution is 7.07. The van der Waals surface area contributed by atoms with Gasteiger partial charge in [-0.3, -0.25) is 14.2 Å². The Kier molecular flexibility index (Phi) is 5.40. The van der Waals surface area contributed by atoms with Crippen molar-refractivity contribution < 1.29 is 23.7 Å². The molecule has 1 aromatic heterocycles. The number of hydrogen-bond donors (Lipinski definition) is 1. The lowest BCUT2D eigenvalue weighted by Gasteiger charge is -2.27. The number of fused-ring (bicyclic) bond motifs is 2. The molecule has 0 saturated carbocycles. The second-order valence-electron chi connectivity index (χ2n) is 7.55. The Hall–Kier alpha value is -3.99. The number of rotatable bonds is 5. The molecule has 2 aliphatic heterocycles. The third-order valence-corrected chi connectivity index (χ3v) is 6.88. The van der Waals surface area contributed by atoms with E-state index in [1.54, 1.807) is 51.2 Å². The molecule has 2 aliphatic rings. The first-order valence-corrected chi connectivity index (χ1v) is 11.1. The second kappa shape index (κ2) is 8.41. The monoisotopic (exact) mass is 482 g/mol. The van der Waals surface area contributed by atoms with Crippen molar-refractivity contribution in [3.05, 3.63) is 55.6 Å². The van der Waals surface area contributed by atoms with E-state index in [2.05, 4.69) is 10.3 Å². The van der Waals surface area contributed by atoms with Crippen LogP contribution in [0, 0.1) is 0 Å². The summed E-state index contributed by atoms with van der Waals surface area (Å²) in [6.45, 7) is 0.580. The predicted molar refractivity (Wildman–Crippen MR) is 127 cm³/mol. The fourth-order valence-electron chi connectivity index (χ4n) is 4.07. The van der Waals surface area contributed by atoms with Crippen LogP contribution in [-0.4, -0.2) is 45.6 Å². The van der Waals surface area contributed by atoms with E-state index < -0.39 is 0 Å². The highest BCUT2D eigenvalue weighted by Crippen LogP contribution is 2.41. The lowest BCUT2D eigenvalue weighted by Crippen LogP contribution is -2.43. The maximum atomic E-state index is 13.4. The number of aromatic nitrogens is 1. The molecular formula is C23H22N4O6S. The molecule has 0 spiro atoms. The SMILES string of the molecule is COc1ccc2c(c1)/C(=c1/sc3n(c1=O)CN(c1cc(OC)c(OC)c(OC)c1)CN=3)C(=O)N2. The van der Waals surface area contributed by atoms with Crippen LogP contribution in [0.4, 0.5) is 11.4 Å². The second-order valence-corrected chi connectivity index (χ2v) is 8.53. The van der Waals surface area contributed by atoms with Crippen molar-refractivity contribution in [2.24, 2.45) is 4.99 Å². The number of nitrogens with zero attached hydrogens (tertiary/aromatic N) is 3. The van der Waals surface area contributed by atoms with E-state index in [4.69, 9.17) is 18.9 Å². The molecule has 0 saturated heterocycles. The molecule has 34 heavy (non-hydrogen) atoms. The van der Waals surface area contributed by atoms with Crippen LogP contribution in [-0.2, 0) is 11.5 Å². The van der Waals surface area contributed by atoms with Crippen molar-refractivity contribution in [2.45, 2.75) is 6.67 Å². The number of carbonyl (C=O) groups excluding carboxylic acids is 1. The maximum absolute atomic E-state index is 13.4. The van der Waals surface area contributed by atoms with Crippen molar-refractivity contribution in [3.8, 4) is 23.0 Å². The quantitative estimate of drug-likeness (QED) is 0.582. The van der Waals surface area contributed by atoms with E-state index in [0.29, 0.717) is 55.8 Å². The van der Waals surface area contributed by atoms with Gasteiger partial charge in [-0.05, 0) is 18.2 Å². The number of methoxy groups -OCH3 is 4. The van der Waals surface area contributed by atoms with Gasteiger partial charge in [0.25, 0.3) is 11.5 Å². The van der Waals surface area contributed by atoms with Crippen LogP contribution in [0.25, 0.3) is 5.57 Å². The van der Waals surface area contributed by atoms with Gasteiger partial charge in [-0.25, -0.2) is 4.99 Å². The molecule has 3 heterocycles. The lowest BCUT2D eigenvalue weighted by atomic mass is 10.1. The molecule has 176 valence electrons. The molecule has 0 bridgehead atoms. The fourth-order valence-corrected chi connectivity index (χ4v) is 5.13. The summed E-state index contributed by atoms with van der Waals surface area (Å²) in [6, 6.07) is 8.90. The van der Waals surface area contributed by atoms with Crippen LogP contribution in [0.5, 0.6) is 23.0 Å². The average Bonchev–Trinajstić information content (AvgIpc) is 3.36. The zero-order valence-electron chi connectivity index (χ0n) is 19.0. The first-order valence-electron chi connectivity index (χ1n) is 10.3. The maximum Gasteiger partial charge on any atom is 0.272 e. The Labute approximate surface area is 198 Å². The number of carbonyl (C=O) groups is 1. The number of benzene rings is 2. The van der Waals surface area contributed by atoms with Crippen LogP contribution >= 0.6 is 11.3 Å². The normalized spacial score (nSPS) is 15.8. The Balaban J connectivity index is 1.60. The summed E-state index contributed by atoms with van der Waals surface area (Å²) in [6.07, 6.45) is 0. The molecule has 5 rings (SSSR count).